The fraction of sp³-hybridized carbons (Fsp3) is 0.381. The number of sulfonamides is 1. The van der Waals surface area contributed by atoms with Gasteiger partial charge in [0.05, 0.1) is 26.2 Å². The van der Waals surface area contributed by atoms with E-state index in [0.717, 1.165) is 37.5 Å². The Labute approximate surface area is 186 Å². The first-order valence-electron chi connectivity index (χ1n) is 9.67. The third-order valence-corrected chi connectivity index (χ3v) is 8.01. The number of carbonyl (C=O) groups is 1. The first-order chi connectivity index (χ1) is 14.1. The van der Waals surface area contributed by atoms with Gasteiger partial charge in [0, 0.05) is 6.04 Å². The van der Waals surface area contributed by atoms with Crippen LogP contribution in [0.3, 0.4) is 0 Å². The molecule has 1 aliphatic carbocycles. The molecule has 3 rings (SSSR count). The van der Waals surface area contributed by atoms with Gasteiger partial charge in [-0.3, -0.25) is 4.79 Å². The highest BCUT2D eigenvalue weighted by Gasteiger charge is 2.31. The van der Waals surface area contributed by atoms with Gasteiger partial charge in [0.15, 0.2) is 0 Å². The van der Waals surface area contributed by atoms with Gasteiger partial charge in [0.1, 0.15) is 5.82 Å². The molecule has 0 bridgehead atoms. The van der Waals surface area contributed by atoms with E-state index in [-0.39, 0.29) is 32.6 Å². The summed E-state index contributed by atoms with van der Waals surface area (Å²) in [7, 11) is -3.92. The summed E-state index contributed by atoms with van der Waals surface area (Å²) in [5.74, 6) is -1.08. The molecule has 2 aromatic carbocycles. The van der Waals surface area contributed by atoms with Crippen LogP contribution in [0, 0.1) is 17.7 Å². The lowest BCUT2D eigenvalue weighted by Crippen LogP contribution is -2.43. The fourth-order valence-corrected chi connectivity index (χ4v) is 5.39. The second-order valence-corrected chi connectivity index (χ2v) is 10.2. The van der Waals surface area contributed by atoms with Crippen LogP contribution in [0.15, 0.2) is 41.3 Å². The summed E-state index contributed by atoms with van der Waals surface area (Å²) < 4.78 is 42.8. The molecule has 0 heterocycles. The number of benzene rings is 2. The minimum atomic E-state index is -3.92. The second-order valence-electron chi connectivity index (χ2n) is 7.69. The van der Waals surface area contributed by atoms with Gasteiger partial charge in [-0.05, 0) is 48.6 Å². The van der Waals surface area contributed by atoms with Gasteiger partial charge in [-0.15, -0.1) is 0 Å². The Morgan fingerprint density at radius 1 is 1.13 bits per heavy atom. The third kappa shape index (κ3) is 4.97. The molecule has 0 radical (unpaired) electrons. The van der Waals surface area contributed by atoms with E-state index in [1.54, 1.807) is 12.1 Å². The average Bonchev–Trinajstić information content (AvgIpc) is 2.69. The molecule has 0 saturated heterocycles. The molecule has 2 N–H and O–H groups in total. The van der Waals surface area contributed by atoms with Crippen molar-refractivity contribution in [1.29, 1.82) is 0 Å². The molecule has 162 valence electrons. The quantitative estimate of drug-likeness (QED) is 0.603. The van der Waals surface area contributed by atoms with Gasteiger partial charge in [-0.2, -0.15) is 0 Å². The number of hydrogen-bond donors (Lipinski definition) is 2. The average molecular weight is 473 g/mol. The Bertz CT molecular complexity index is 1060. The largest absolute Gasteiger partial charge is 0.320 e. The lowest BCUT2D eigenvalue weighted by Gasteiger charge is -2.34. The van der Waals surface area contributed by atoms with Crippen molar-refractivity contribution in [3.8, 4) is 0 Å². The highest BCUT2D eigenvalue weighted by atomic mass is 35.5. The molecule has 0 aromatic heterocycles. The molecule has 2 aromatic rings. The van der Waals surface area contributed by atoms with E-state index in [0.29, 0.717) is 5.92 Å². The van der Waals surface area contributed by atoms with Crippen molar-refractivity contribution in [2.75, 3.05) is 5.32 Å². The maximum atomic E-state index is 14.3. The van der Waals surface area contributed by atoms with Crippen molar-refractivity contribution in [2.45, 2.75) is 44.0 Å². The first-order valence-corrected chi connectivity index (χ1v) is 11.9. The summed E-state index contributed by atoms with van der Waals surface area (Å²) in [6.07, 6.45) is 2.75. The summed E-state index contributed by atoms with van der Waals surface area (Å²) >= 11 is 12.0. The number of halogens is 3. The zero-order valence-corrected chi connectivity index (χ0v) is 18.9. The molecule has 1 amide bonds. The predicted molar refractivity (Wildman–Crippen MR) is 117 cm³/mol. The molecule has 0 spiro atoms. The minimum Gasteiger partial charge on any atom is -0.320 e. The number of anilines is 1. The molecule has 30 heavy (non-hydrogen) atoms. The Hall–Kier alpha value is -1.67. The van der Waals surface area contributed by atoms with Gasteiger partial charge >= 0.3 is 0 Å². The molecule has 9 heteroatoms. The monoisotopic (exact) mass is 472 g/mol. The molecular formula is C21H23Cl2FN2O3S. The zero-order valence-electron chi connectivity index (χ0n) is 16.6. The fourth-order valence-electron chi connectivity index (χ4n) is 3.65. The Morgan fingerprint density at radius 2 is 1.87 bits per heavy atom. The van der Waals surface area contributed by atoms with E-state index in [1.165, 1.54) is 6.07 Å². The van der Waals surface area contributed by atoms with E-state index in [1.807, 2.05) is 6.92 Å². The van der Waals surface area contributed by atoms with Crippen molar-refractivity contribution < 1.29 is 17.6 Å². The summed E-state index contributed by atoms with van der Waals surface area (Å²) in [5, 5.41) is 2.81. The molecule has 1 saturated carbocycles. The Morgan fingerprint density at radius 3 is 2.60 bits per heavy atom. The van der Waals surface area contributed by atoms with Crippen molar-refractivity contribution in [1.82, 2.24) is 4.72 Å². The standard InChI is InChI=1S/C21H23Cl2FN2O3S/c1-12-5-3-7-18(13(12)2)26-30(28,29)14-9-10-17(24)15(11-14)21(27)25-19-8-4-6-16(22)20(19)23/h4,6,8-13,18,26H,3,5,7H2,1-2H3,(H,25,27). The van der Waals surface area contributed by atoms with Gasteiger partial charge < -0.3 is 5.32 Å². The highest BCUT2D eigenvalue weighted by molar-refractivity contribution is 7.89. The highest BCUT2D eigenvalue weighted by Crippen LogP contribution is 2.32. The van der Waals surface area contributed by atoms with Gasteiger partial charge in [-0.1, -0.05) is 56.0 Å². The van der Waals surface area contributed by atoms with Crippen molar-refractivity contribution in [2.24, 2.45) is 11.8 Å². The minimum absolute atomic E-state index is 0.110. The van der Waals surface area contributed by atoms with E-state index in [2.05, 4.69) is 17.0 Å². The van der Waals surface area contributed by atoms with Crippen LogP contribution in [0.4, 0.5) is 10.1 Å². The number of amides is 1. The van der Waals surface area contributed by atoms with Crippen LogP contribution < -0.4 is 10.0 Å². The first kappa shape index (κ1) is 23.0. The molecule has 5 nitrogen and oxygen atoms in total. The smallest absolute Gasteiger partial charge is 0.258 e. The maximum absolute atomic E-state index is 14.3. The van der Waals surface area contributed by atoms with Crippen LogP contribution in [0.1, 0.15) is 43.5 Å². The number of hydrogen-bond acceptors (Lipinski definition) is 3. The van der Waals surface area contributed by atoms with Gasteiger partial charge in [0.2, 0.25) is 10.0 Å². The van der Waals surface area contributed by atoms with Crippen LogP contribution in [0.5, 0.6) is 0 Å². The van der Waals surface area contributed by atoms with Crippen LogP contribution in [0.25, 0.3) is 0 Å². The van der Waals surface area contributed by atoms with Crippen LogP contribution in [-0.4, -0.2) is 20.4 Å². The number of carbonyl (C=O) groups excluding carboxylic acids is 1. The predicted octanol–water partition coefficient (Wildman–Crippen LogP) is 5.49. The van der Waals surface area contributed by atoms with Crippen molar-refractivity contribution in [3.05, 3.63) is 57.8 Å². The molecule has 3 unspecified atom stereocenters. The topological polar surface area (TPSA) is 75.3 Å². The Kier molecular flexibility index (Phi) is 7.07. The summed E-state index contributed by atoms with van der Waals surface area (Å²) in [4.78, 5) is 12.4. The van der Waals surface area contributed by atoms with Crippen LogP contribution in [0.2, 0.25) is 10.0 Å². The number of rotatable bonds is 5. The zero-order chi connectivity index (χ0) is 22.1. The van der Waals surface area contributed by atoms with Crippen molar-refractivity contribution >= 4 is 44.8 Å². The number of nitrogens with one attached hydrogen (secondary N) is 2. The SMILES string of the molecule is CC1CCCC(NS(=O)(=O)c2ccc(F)c(C(=O)Nc3cccc(Cl)c3Cl)c2)C1C. The van der Waals surface area contributed by atoms with Gasteiger partial charge in [0.25, 0.3) is 5.91 Å². The molecule has 1 aliphatic rings. The third-order valence-electron chi connectivity index (χ3n) is 5.71. The van der Waals surface area contributed by atoms with Crippen LogP contribution >= 0.6 is 23.2 Å². The molecule has 3 atom stereocenters. The molecule has 1 fully saturated rings. The van der Waals surface area contributed by atoms with E-state index in [9.17, 15) is 17.6 Å². The molecule has 0 aliphatic heterocycles. The normalized spacial score (nSPS) is 22.0. The molecular weight excluding hydrogens is 450 g/mol. The van der Waals surface area contributed by atoms with E-state index in [4.69, 9.17) is 23.2 Å². The van der Waals surface area contributed by atoms with E-state index >= 15 is 0 Å². The van der Waals surface area contributed by atoms with Crippen molar-refractivity contribution in [3.63, 3.8) is 0 Å². The lowest BCUT2D eigenvalue weighted by molar-refractivity contribution is 0.102. The Balaban J connectivity index is 1.85. The summed E-state index contributed by atoms with van der Waals surface area (Å²) in [6, 6.07) is 7.59. The second kappa shape index (κ2) is 9.22. The van der Waals surface area contributed by atoms with Gasteiger partial charge in [-0.25, -0.2) is 17.5 Å². The summed E-state index contributed by atoms with van der Waals surface area (Å²) in [5.41, 5.74) is -0.205. The lowest BCUT2D eigenvalue weighted by atomic mass is 9.78. The maximum Gasteiger partial charge on any atom is 0.258 e. The van der Waals surface area contributed by atoms with E-state index < -0.39 is 27.3 Å². The summed E-state index contributed by atoms with van der Waals surface area (Å²) in [6.45, 7) is 4.13. The van der Waals surface area contributed by atoms with Crippen LogP contribution in [-0.2, 0) is 10.0 Å².